The third-order valence-electron chi connectivity index (χ3n) is 6.55. The molecule has 9 nitrogen and oxygen atoms in total. The zero-order valence-corrected chi connectivity index (χ0v) is 20.9. The molecule has 1 unspecified atom stereocenters. The molecule has 0 aromatic heterocycles. The first-order chi connectivity index (χ1) is 16.5. The molecular formula is C25H30N4O5S. The quantitative estimate of drug-likeness (QED) is 0.570. The van der Waals surface area contributed by atoms with Crippen LogP contribution in [0.3, 0.4) is 0 Å². The van der Waals surface area contributed by atoms with Gasteiger partial charge in [-0.25, -0.2) is 13.2 Å². The molecule has 0 radical (unpaired) electrons. The van der Waals surface area contributed by atoms with Crippen LogP contribution in [0.15, 0.2) is 53.4 Å². The van der Waals surface area contributed by atoms with Crippen LogP contribution in [-0.2, 0) is 25.2 Å². The van der Waals surface area contributed by atoms with Crippen molar-refractivity contribution < 1.29 is 22.8 Å². The number of hydrogen-bond acceptors (Lipinski definition) is 5. The smallest absolute Gasteiger partial charge is 0.324 e. The van der Waals surface area contributed by atoms with Crippen LogP contribution in [-0.4, -0.2) is 55.1 Å². The van der Waals surface area contributed by atoms with Crippen molar-refractivity contribution in [1.82, 2.24) is 14.5 Å². The lowest BCUT2D eigenvalue weighted by Crippen LogP contribution is -2.42. The van der Waals surface area contributed by atoms with Crippen LogP contribution in [0.5, 0.6) is 0 Å². The first-order valence-electron chi connectivity index (χ1n) is 11.7. The van der Waals surface area contributed by atoms with Gasteiger partial charge in [0.2, 0.25) is 15.9 Å². The summed E-state index contributed by atoms with van der Waals surface area (Å²) in [5.74, 6) is -0.807. The number of imide groups is 1. The van der Waals surface area contributed by atoms with E-state index in [0.717, 1.165) is 23.3 Å². The summed E-state index contributed by atoms with van der Waals surface area (Å²) in [6.07, 6.45) is 1.64. The van der Waals surface area contributed by atoms with Gasteiger partial charge in [-0.2, -0.15) is 4.31 Å². The van der Waals surface area contributed by atoms with Gasteiger partial charge in [0.05, 0.1) is 4.90 Å². The number of carbonyl (C=O) groups excluding carboxylic acids is 3. The number of amides is 4. The molecule has 2 fully saturated rings. The van der Waals surface area contributed by atoms with Crippen LogP contribution in [0.25, 0.3) is 0 Å². The Balaban J connectivity index is 1.46. The first-order valence-corrected chi connectivity index (χ1v) is 13.1. The third-order valence-corrected chi connectivity index (χ3v) is 8.45. The predicted molar refractivity (Wildman–Crippen MR) is 131 cm³/mol. The first kappa shape index (κ1) is 24.9. The second kappa shape index (κ2) is 9.43. The second-order valence-corrected chi connectivity index (χ2v) is 11.3. The summed E-state index contributed by atoms with van der Waals surface area (Å²) in [6.45, 7) is 6.21. The number of urea groups is 1. The minimum absolute atomic E-state index is 0.0876. The van der Waals surface area contributed by atoms with Crippen LogP contribution in [0.1, 0.15) is 50.7 Å². The van der Waals surface area contributed by atoms with Crippen molar-refractivity contribution >= 4 is 33.6 Å². The van der Waals surface area contributed by atoms with Crippen molar-refractivity contribution in [3.63, 3.8) is 0 Å². The summed E-state index contributed by atoms with van der Waals surface area (Å²) in [4.78, 5) is 39.4. The average molecular weight is 499 g/mol. The molecule has 4 amide bonds. The van der Waals surface area contributed by atoms with Gasteiger partial charge >= 0.3 is 6.03 Å². The van der Waals surface area contributed by atoms with Crippen LogP contribution < -0.4 is 10.6 Å². The van der Waals surface area contributed by atoms with Crippen LogP contribution in [0.2, 0.25) is 0 Å². The Morgan fingerprint density at radius 2 is 1.74 bits per heavy atom. The van der Waals surface area contributed by atoms with Crippen molar-refractivity contribution in [2.45, 2.75) is 50.0 Å². The van der Waals surface area contributed by atoms with Gasteiger partial charge in [-0.15, -0.1) is 0 Å². The Morgan fingerprint density at radius 3 is 2.37 bits per heavy atom. The molecule has 0 bridgehead atoms. The third kappa shape index (κ3) is 4.81. The van der Waals surface area contributed by atoms with Crippen molar-refractivity contribution in [2.24, 2.45) is 0 Å². The number of anilines is 1. The van der Waals surface area contributed by atoms with Crippen LogP contribution in [0, 0.1) is 0 Å². The number of nitrogens with one attached hydrogen (secondary N) is 2. The van der Waals surface area contributed by atoms with Gasteiger partial charge < -0.3 is 10.6 Å². The summed E-state index contributed by atoms with van der Waals surface area (Å²) in [5, 5.41) is 5.30. The Labute approximate surface area is 205 Å². The summed E-state index contributed by atoms with van der Waals surface area (Å²) >= 11 is 0. The maximum absolute atomic E-state index is 13.2. The number of sulfonamides is 1. The van der Waals surface area contributed by atoms with Gasteiger partial charge in [0.1, 0.15) is 12.1 Å². The Hall–Kier alpha value is -3.24. The van der Waals surface area contributed by atoms with E-state index in [-0.39, 0.29) is 10.6 Å². The highest BCUT2D eigenvalue weighted by atomic mass is 32.2. The maximum Gasteiger partial charge on any atom is 0.325 e. The molecule has 4 rings (SSSR count). The zero-order chi connectivity index (χ0) is 25.4. The fourth-order valence-corrected chi connectivity index (χ4v) is 5.96. The van der Waals surface area contributed by atoms with Crippen molar-refractivity contribution in [3.05, 3.63) is 59.7 Å². The number of benzene rings is 2. The molecule has 2 aromatic carbocycles. The minimum Gasteiger partial charge on any atom is -0.324 e. The summed E-state index contributed by atoms with van der Waals surface area (Å²) in [5.41, 5.74) is 0.730. The van der Waals surface area contributed by atoms with Crippen LogP contribution >= 0.6 is 0 Å². The van der Waals surface area contributed by atoms with E-state index < -0.39 is 40.0 Å². The highest BCUT2D eigenvalue weighted by molar-refractivity contribution is 7.89. The van der Waals surface area contributed by atoms with Gasteiger partial charge in [0.25, 0.3) is 5.91 Å². The van der Waals surface area contributed by atoms with E-state index in [4.69, 9.17) is 0 Å². The molecule has 2 aromatic rings. The highest BCUT2D eigenvalue weighted by Crippen LogP contribution is 2.30. The average Bonchev–Trinajstić information content (AvgIpc) is 3.44. The minimum atomic E-state index is -3.64. The highest BCUT2D eigenvalue weighted by Gasteiger charge is 2.49. The number of hydrogen-bond donors (Lipinski definition) is 2. The second-order valence-electron chi connectivity index (χ2n) is 9.41. The Kier molecular flexibility index (Phi) is 6.70. The SMILES string of the molecule is CC(C)c1ccc(C2(C)NC(=O)N(CC(=O)Nc3cccc(S(=O)(=O)N4CCCC4)c3)C2=O)cc1. The van der Waals surface area contributed by atoms with Crippen LogP contribution in [0.4, 0.5) is 10.5 Å². The largest absolute Gasteiger partial charge is 0.325 e. The van der Waals surface area contributed by atoms with E-state index in [1.807, 2.05) is 24.3 Å². The van der Waals surface area contributed by atoms with Crippen molar-refractivity contribution in [3.8, 4) is 0 Å². The fraction of sp³-hybridized carbons (Fsp3) is 0.400. The molecule has 2 N–H and O–H groups in total. The van der Waals surface area contributed by atoms with E-state index in [2.05, 4.69) is 24.5 Å². The molecule has 1 atom stereocenters. The summed E-state index contributed by atoms with van der Waals surface area (Å²) in [7, 11) is -3.64. The Bertz CT molecular complexity index is 1250. The van der Waals surface area contributed by atoms with Gasteiger partial charge in [0, 0.05) is 18.8 Å². The number of rotatable bonds is 7. The van der Waals surface area contributed by atoms with E-state index >= 15 is 0 Å². The van der Waals surface area contributed by atoms with Gasteiger partial charge in [-0.05, 0) is 55.0 Å². The number of carbonyl (C=O) groups is 3. The van der Waals surface area contributed by atoms with E-state index in [9.17, 15) is 22.8 Å². The molecule has 0 aliphatic carbocycles. The molecule has 2 aliphatic heterocycles. The van der Waals surface area contributed by atoms with Gasteiger partial charge in [-0.1, -0.05) is 44.2 Å². The summed E-state index contributed by atoms with van der Waals surface area (Å²) < 4.78 is 27.0. The lowest BCUT2D eigenvalue weighted by Gasteiger charge is -2.22. The molecule has 2 saturated heterocycles. The topological polar surface area (TPSA) is 116 Å². The monoisotopic (exact) mass is 498 g/mol. The van der Waals surface area contributed by atoms with E-state index in [1.54, 1.807) is 19.1 Å². The lowest BCUT2D eigenvalue weighted by atomic mass is 9.90. The molecule has 2 aliphatic rings. The molecule has 186 valence electrons. The standard InChI is InChI=1S/C25H30N4O5S/c1-17(2)18-9-11-19(12-10-18)25(3)23(31)29(24(32)27-25)16-22(30)26-20-7-6-8-21(15-20)35(33,34)28-13-4-5-14-28/h6-12,15,17H,4-5,13-14,16H2,1-3H3,(H,26,30)(H,27,32). The van der Waals surface area contributed by atoms with E-state index in [1.165, 1.54) is 16.4 Å². The molecule has 10 heteroatoms. The Morgan fingerprint density at radius 1 is 1.09 bits per heavy atom. The molecule has 0 saturated carbocycles. The summed E-state index contributed by atoms with van der Waals surface area (Å²) in [6, 6.07) is 12.8. The maximum atomic E-state index is 13.2. The van der Waals surface area contributed by atoms with Gasteiger partial charge in [0.15, 0.2) is 0 Å². The lowest BCUT2D eigenvalue weighted by molar-refractivity contribution is -0.133. The number of nitrogens with zero attached hydrogens (tertiary/aromatic N) is 2. The molecular weight excluding hydrogens is 468 g/mol. The normalized spacial score (nSPS) is 21.0. The molecule has 2 heterocycles. The predicted octanol–water partition coefficient (Wildman–Crippen LogP) is 3.00. The van der Waals surface area contributed by atoms with Crippen molar-refractivity contribution in [1.29, 1.82) is 0 Å². The van der Waals surface area contributed by atoms with E-state index in [0.29, 0.717) is 24.6 Å². The van der Waals surface area contributed by atoms with Crippen molar-refractivity contribution in [2.75, 3.05) is 25.0 Å². The molecule has 35 heavy (non-hydrogen) atoms. The van der Waals surface area contributed by atoms with Gasteiger partial charge in [-0.3, -0.25) is 14.5 Å². The molecule has 0 spiro atoms. The fourth-order valence-electron chi connectivity index (χ4n) is 4.39. The zero-order valence-electron chi connectivity index (χ0n) is 20.1.